The topological polar surface area (TPSA) is 33.1 Å². The predicted octanol–water partition coefficient (Wildman–Crippen LogP) is 2.82. The largest absolute Gasteiger partial charge is 0.311 e. The molecule has 1 aromatic heterocycles. The van der Waals surface area contributed by atoms with E-state index in [1.807, 2.05) is 0 Å². The number of rotatable bonds is 6. The summed E-state index contributed by atoms with van der Waals surface area (Å²) in [7, 11) is 0. The zero-order valence-electron chi connectivity index (χ0n) is 13.5. The Morgan fingerprint density at radius 3 is 2.95 bits per heavy atom. The van der Waals surface area contributed by atoms with Gasteiger partial charge in [0.25, 0.3) is 0 Å². The van der Waals surface area contributed by atoms with Crippen molar-refractivity contribution in [2.75, 3.05) is 13.1 Å². The maximum atomic E-state index is 4.75. The van der Waals surface area contributed by atoms with Gasteiger partial charge in [0.1, 0.15) is 0 Å². The van der Waals surface area contributed by atoms with Crippen LogP contribution in [0.1, 0.15) is 58.7 Å². The van der Waals surface area contributed by atoms with Crippen LogP contribution in [0, 0.1) is 0 Å². The third kappa shape index (κ3) is 3.83. The van der Waals surface area contributed by atoms with Gasteiger partial charge in [-0.3, -0.25) is 9.58 Å². The van der Waals surface area contributed by atoms with Gasteiger partial charge in [-0.2, -0.15) is 5.10 Å². The van der Waals surface area contributed by atoms with Gasteiger partial charge in [0.05, 0.1) is 5.69 Å². The first-order chi connectivity index (χ1) is 9.63. The molecule has 2 rings (SSSR count). The summed E-state index contributed by atoms with van der Waals surface area (Å²) in [4.78, 5) is 2.61. The second kappa shape index (κ2) is 7.23. The second-order valence-electron chi connectivity index (χ2n) is 6.23. The molecule has 2 heterocycles. The minimum atomic E-state index is 0.497. The van der Waals surface area contributed by atoms with Crippen molar-refractivity contribution < 1.29 is 0 Å². The van der Waals surface area contributed by atoms with E-state index in [1.165, 1.54) is 18.5 Å². The molecular formula is C16H30N4. The van der Waals surface area contributed by atoms with Gasteiger partial charge in [-0.05, 0) is 32.8 Å². The van der Waals surface area contributed by atoms with E-state index in [2.05, 4.69) is 54.9 Å². The lowest BCUT2D eigenvalue weighted by molar-refractivity contribution is 0.118. The molecule has 114 valence electrons. The molecule has 0 bridgehead atoms. The number of hydrogen-bond acceptors (Lipinski definition) is 3. The fraction of sp³-hybridized carbons (Fsp3) is 0.812. The van der Waals surface area contributed by atoms with E-state index in [-0.39, 0.29) is 0 Å². The van der Waals surface area contributed by atoms with E-state index in [9.17, 15) is 0 Å². The lowest BCUT2D eigenvalue weighted by Gasteiger charge is -2.39. The molecule has 0 aromatic carbocycles. The van der Waals surface area contributed by atoms with Crippen LogP contribution in [0.5, 0.6) is 0 Å². The molecule has 0 amide bonds. The van der Waals surface area contributed by atoms with E-state index in [1.54, 1.807) is 0 Å². The van der Waals surface area contributed by atoms with Crippen molar-refractivity contribution in [2.24, 2.45) is 0 Å². The minimum Gasteiger partial charge on any atom is -0.311 e. The van der Waals surface area contributed by atoms with Crippen molar-refractivity contribution in [3.63, 3.8) is 0 Å². The summed E-state index contributed by atoms with van der Waals surface area (Å²) < 4.78 is 2.11. The molecule has 3 unspecified atom stereocenters. The highest BCUT2D eigenvalue weighted by Gasteiger charge is 2.25. The number of aromatic nitrogens is 2. The molecule has 1 N–H and O–H groups in total. The normalized spacial score (nSPS) is 25.8. The van der Waals surface area contributed by atoms with Gasteiger partial charge in [0, 0.05) is 44.0 Å². The maximum Gasteiger partial charge on any atom is 0.0765 e. The Morgan fingerprint density at radius 1 is 1.45 bits per heavy atom. The summed E-state index contributed by atoms with van der Waals surface area (Å²) in [6, 6.07) is 3.92. The third-order valence-corrected chi connectivity index (χ3v) is 4.42. The van der Waals surface area contributed by atoms with Crippen molar-refractivity contribution in [3.05, 3.63) is 18.0 Å². The smallest absolute Gasteiger partial charge is 0.0765 e. The molecule has 1 saturated heterocycles. The van der Waals surface area contributed by atoms with Crippen LogP contribution in [0.4, 0.5) is 0 Å². The van der Waals surface area contributed by atoms with Gasteiger partial charge in [0.15, 0.2) is 0 Å². The summed E-state index contributed by atoms with van der Waals surface area (Å²) in [6.45, 7) is 12.2. The Bertz CT molecular complexity index is 401. The number of piperazine rings is 1. The van der Waals surface area contributed by atoms with Crippen LogP contribution in [0.15, 0.2) is 12.3 Å². The molecule has 1 fully saturated rings. The van der Waals surface area contributed by atoms with Crippen LogP contribution >= 0.6 is 0 Å². The fourth-order valence-electron chi connectivity index (χ4n) is 2.95. The maximum absolute atomic E-state index is 4.75. The van der Waals surface area contributed by atoms with E-state index in [4.69, 9.17) is 5.10 Å². The molecule has 0 saturated carbocycles. The molecule has 1 aromatic rings. The van der Waals surface area contributed by atoms with E-state index in [0.29, 0.717) is 18.1 Å². The molecule has 20 heavy (non-hydrogen) atoms. The number of nitrogens with one attached hydrogen (secondary N) is 1. The molecule has 3 atom stereocenters. The van der Waals surface area contributed by atoms with Crippen molar-refractivity contribution in [1.29, 1.82) is 0 Å². The average molecular weight is 278 g/mol. The van der Waals surface area contributed by atoms with Crippen LogP contribution in [0.2, 0.25) is 0 Å². The molecule has 0 aliphatic carbocycles. The highest BCUT2D eigenvalue weighted by molar-refractivity contribution is 5.01. The molecule has 1 aliphatic heterocycles. The molecular weight excluding hydrogens is 248 g/mol. The van der Waals surface area contributed by atoms with Crippen LogP contribution in [-0.4, -0.2) is 39.9 Å². The van der Waals surface area contributed by atoms with Crippen LogP contribution in [-0.2, 0) is 6.54 Å². The van der Waals surface area contributed by atoms with Crippen molar-refractivity contribution in [3.8, 4) is 0 Å². The molecule has 1 aliphatic rings. The first-order valence-corrected chi connectivity index (χ1v) is 8.15. The SMILES string of the molecule is CCCC1CNC(C)CN1Cc1ccn(C(C)CC)n1. The minimum absolute atomic E-state index is 0.497. The average Bonchev–Trinajstić information content (AvgIpc) is 2.89. The molecule has 4 nitrogen and oxygen atoms in total. The summed E-state index contributed by atoms with van der Waals surface area (Å²) in [6.07, 6.45) is 5.78. The van der Waals surface area contributed by atoms with Gasteiger partial charge in [0.2, 0.25) is 0 Å². The fourth-order valence-corrected chi connectivity index (χ4v) is 2.95. The zero-order chi connectivity index (χ0) is 14.5. The highest BCUT2D eigenvalue weighted by atomic mass is 15.3. The summed E-state index contributed by atoms with van der Waals surface area (Å²) in [5.41, 5.74) is 1.21. The zero-order valence-corrected chi connectivity index (χ0v) is 13.5. The van der Waals surface area contributed by atoms with Gasteiger partial charge >= 0.3 is 0 Å². The van der Waals surface area contributed by atoms with Gasteiger partial charge in [-0.15, -0.1) is 0 Å². The Balaban J connectivity index is 2.00. The molecule has 0 spiro atoms. The van der Waals surface area contributed by atoms with E-state index < -0.39 is 0 Å². The Labute approximate surface area is 123 Å². The second-order valence-corrected chi connectivity index (χ2v) is 6.23. The Kier molecular flexibility index (Phi) is 5.61. The van der Waals surface area contributed by atoms with Gasteiger partial charge in [-0.1, -0.05) is 20.3 Å². The van der Waals surface area contributed by atoms with Crippen LogP contribution in [0.25, 0.3) is 0 Å². The monoisotopic (exact) mass is 278 g/mol. The first-order valence-electron chi connectivity index (χ1n) is 8.15. The van der Waals surface area contributed by atoms with Crippen molar-refractivity contribution in [1.82, 2.24) is 20.0 Å². The molecule has 0 radical (unpaired) electrons. The summed E-state index contributed by atoms with van der Waals surface area (Å²) in [5.74, 6) is 0. The van der Waals surface area contributed by atoms with E-state index >= 15 is 0 Å². The Morgan fingerprint density at radius 2 is 2.25 bits per heavy atom. The Hall–Kier alpha value is -0.870. The van der Waals surface area contributed by atoms with Gasteiger partial charge < -0.3 is 5.32 Å². The first kappa shape index (κ1) is 15.5. The van der Waals surface area contributed by atoms with Gasteiger partial charge in [-0.25, -0.2) is 0 Å². The van der Waals surface area contributed by atoms with Crippen LogP contribution < -0.4 is 5.32 Å². The standard InChI is InChI=1S/C16H30N4/c1-5-7-16-10-17-13(3)11-19(16)12-15-8-9-20(18-15)14(4)6-2/h8-9,13-14,16-17H,5-7,10-12H2,1-4H3. The summed E-state index contributed by atoms with van der Waals surface area (Å²) >= 11 is 0. The van der Waals surface area contributed by atoms with E-state index in [0.717, 1.165) is 26.1 Å². The number of nitrogens with zero attached hydrogens (tertiary/aromatic N) is 3. The number of hydrogen-bond donors (Lipinski definition) is 1. The highest BCUT2D eigenvalue weighted by Crippen LogP contribution is 2.16. The van der Waals surface area contributed by atoms with Crippen molar-refractivity contribution >= 4 is 0 Å². The molecule has 4 heteroatoms. The third-order valence-electron chi connectivity index (χ3n) is 4.42. The lowest BCUT2D eigenvalue weighted by atomic mass is 10.1. The predicted molar refractivity (Wildman–Crippen MR) is 83.8 cm³/mol. The van der Waals surface area contributed by atoms with Crippen molar-refractivity contribution in [2.45, 2.75) is 71.6 Å². The van der Waals surface area contributed by atoms with Crippen LogP contribution in [0.3, 0.4) is 0 Å². The lowest BCUT2D eigenvalue weighted by Crippen LogP contribution is -2.54. The summed E-state index contributed by atoms with van der Waals surface area (Å²) in [5, 5.41) is 8.35. The quantitative estimate of drug-likeness (QED) is 0.868.